The van der Waals surface area contributed by atoms with Gasteiger partial charge in [-0.2, -0.15) is 0 Å². The first kappa shape index (κ1) is 6.40. The highest BCUT2D eigenvalue weighted by molar-refractivity contribution is 5.48. The largest absolute Gasteiger partial charge is 0.398 e. The fraction of sp³-hybridized carbons (Fsp3) is 0.222. The van der Waals surface area contributed by atoms with Crippen molar-refractivity contribution >= 4 is 17.8 Å². The first-order chi connectivity index (χ1) is 5.38. The maximum absolute atomic E-state index is 5.75. The minimum Gasteiger partial charge on any atom is -0.398 e. The van der Waals surface area contributed by atoms with Gasteiger partial charge in [-0.1, -0.05) is 12.2 Å². The molecule has 2 rings (SSSR count). The van der Waals surface area contributed by atoms with Crippen molar-refractivity contribution in [3.8, 4) is 0 Å². The van der Waals surface area contributed by atoms with Crippen molar-refractivity contribution in [1.29, 1.82) is 0 Å². The fourth-order valence-corrected chi connectivity index (χ4v) is 1.34. The zero-order chi connectivity index (χ0) is 7.68. The molecule has 1 aromatic heterocycles. The molecule has 0 amide bonds. The molecule has 0 saturated heterocycles. The van der Waals surface area contributed by atoms with Crippen LogP contribution < -0.4 is 16.3 Å². The van der Waals surface area contributed by atoms with Crippen LogP contribution in [0.1, 0.15) is 12.8 Å². The van der Waals surface area contributed by atoms with E-state index in [2.05, 4.69) is 17.1 Å². The zero-order valence-electron chi connectivity index (χ0n) is 6.25. The summed E-state index contributed by atoms with van der Waals surface area (Å²) in [4.78, 5) is 4.21. The summed E-state index contributed by atoms with van der Waals surface area (Å²) in [5.41, 5.74) is 6.59. The molecule has 0 spiro atoms. The molecule has 1 heterocycles. The van der Waals surface area contributed by atoms with Crippen LogP contribution in [0.5, 0.6) is 0 Å². The van der Waals surface area contributed by atoms with Crippen LogP contribution in [0.2, 0.25) is 0 Å². The van der Waals surface area contributed by atoms with Gasteiger partial charge in [0.2, 0.25) is 0 Å². The first-order valence-electron chi connectivity index (χ1n) is 3.79. The fourth-order valence-electron chi connectivity index (χ4n) is 1.34. The van der Waals surface area contributed by atoms with E-state index >= 15 is 0 Å². The van der Waals surface area contributed by atoms with Crippen LogP contribution in [0, 0.1) is 0 Å². The van der Waals surface area contributed by atoms with Crippen LogP contribution >= 0.6 is 0 Å². The third-order valence-electron chi connectivity index (χ3n) is 1.91. The SMILES string of the molecule is Nc1ccnc2c1=CCCC=2. The quantitative estimate of drug-likeness (QED) is 0.560. The number of rotatable bonds is 0. The number of pyridine rings is 1. The molecule has 0 unspecified atom stereocenters. The van der Waals surface area contributed by atoms with Crippen LogP contribution in [0.4, 0.5) is 5.69 Å². The lowest BCUT2D eigenvalue weighted by molar-refractivity contribution is 1.08. The third kappa shape index (κ3) is 1.00. The van der Waals surface area contributed by atoms with Crippen molar-refractivity contribution in [2.24, 2.45) is 0 Å². The van der Waals surface area contributed by atoms with E-state index in [0.29, 0.717) is 0 Å². The highest BCUT2D eigenvalue weighted by Gasteiger charge is 1.95. The van der Waals surface area contributed by atoms with E-state index in [4.69, 9.17) is 5.73 Å². The summed E-state index contributed by atoms with van der Waals surface area (Å²) in [6, 6.07) is 1.84. The Kier molecular flexibility index (Phi) is 1.39. The highest BCUT2D eigenvalue weighted by Crippen LogP contribution is 1.96. The molecule has 1 aromatic rings. The number of aromatic nitrogens is 1. The maximum atomic E-state index is 5.75. The summed E-state index contributed by atoms with van der Waals surface area (Å²) in [5.74, 6) is 0. The smallest absolute Gasteiger partial charge is 0.0679 e. The van der Waals surface area contributed by atoms with Crippen LogP contribution in [0.25, 0.3) is 12.2 Å². The van der Waals surface area contributed by atoms with Crippen molar-refractivity contribution in [1.82, 2.24) is 4.98 Å². The molecular formula is C9H10N2. The molecule has 0 bridgehead atoms. The van der Waals surface area contributed by atoms with E-state index in [0.717, 1.165) is 29.1 Å². The summed E-state index contributed by atoms with van der Waals surface area (Å²) in [7, 11) is 0. The number of nitrogens with zero attached hydrogens (tertiary/aromatic N) is 1. The van der Waals surface area contributed by atoms with Crippen molar-refractivity contribution in [3.05, 3.63) is 22.8 Å². The van der Waals surface area contributed by atoms with Gasteiger partial charge in [0.25, 0.3) is 0 Å². The van der Waals surface area contributed by atoms with Gasteiger partial charge in [-0.3, -0.25) is 4.98 Å². The third-order valence-corrected chi connectivity index (χ3v) is 1.91. The van der Waals surface area contributed by atoms with Crippen molar-refractivity contribution in [2.45, 2.75) is 12.8 Å². The molecule has 1 aliphatic rings. The minimum atomic E-state index is 0.839. The van der Waals surface area contributed by atoms with Crippen LogP contribution in [-0.2, 0) is 0 Å². The molecule has 11 heavy (non-hydrogen) atoms. The molecule has 2 nitrogen and oxygen atoms in total. The average molecular weight is 146 g/mol. The van der Waals surface area contributed by atoms with Gasteiger partial charge in [0.1, 0.15) is 0 Å². The van der Waals surface area contributed by atoms with E-state index in [1.807, 2.05) is 6.07 Å². The summed E-state index contributed by atoms with van der Waals surface area (Å²) >= 11 is 0. The highest BCUT2D eigenvalue weighted by atomic mass is 14.7. The predicted molar refractivity (Wildman–Crippen MR) is 46.1 cm³/mol. The van der Waals surface area contributed by atoms with Gasteiger partial charge in [0, 0.05) is 17.1 Å². The maximum Gasteiger partial charge on any atom is 0.0679 e. The first-order valence-corrected chi connectivity index (χ1v) is 3.79. The molecular weight excluding hydrogens is 136 g/mol. The van der Waals surface area contributed by atoms with Gasteiger partial charge in [0.05, 0.1) is 5.35 Å². The van der Waals surface area contributed by atoms with Gasteiger partial charge in [-0.25, -0.2) is 0 Å². The van der Waals surface area contributed by atoms with Crippen molar-refractivity contribution in [2.75, 3.05) is 5.73 Å². The Hall–Kier alpha value is -1.31. The molecule has 2 N–H and O–H groups in total. The minimum absolute atomic E-state index is 0.839. The second-order valence-electron chi connectivity index (χ2n) is 2.68. The number of hydrogen-bond acceptors (Lipinski definition) is 2. The van der Waals surface area contributed by atoms with E-state index in [9.17, 15) is 0 Å². The van der Waals surface area contributed by atoms with Crippen LogP contribution in [0.3, 0.4) is 0 Å². The lowest BCUT2D eigenvalue weighted by Gasteiger charge is -2.00. The number of hydrogen-bond donors (Lipinski definition) is 1. The molecule has 0 fully saturated rings. The Morgan fingerprint density at radius 2 is 2.09 bits per heavy atom. The molecule has 0 aliphatic heterocycles. The van der Waals surface area contributed by atoms with Gasteiger partial charge < -0.3 is 5.73 Å². The van der Waals surface area contributed by atoms with Gasteiger partial charge in [-0.05, 0) is 18.9 Å². The summed E-state index contributed by atoms with van der Waals surface area (Å²) in [6.45, 7) is 0. The Morgan fingerprint density at radius 3 is 2.91 bits per heavy atom. The Labute approximate surface area is 65.1 Å². The van der Waals surface area contributed by atoms with Gasteiger partial charge in [0.15, 0.2) is 0 Å². The van der Waals surface area contributed by atoms with E-state index in [1.165, 1.54) is 0 Å². The molecule has 0 radical (unpaired) electrons. The Morgan fingerprint density at radius 1 is 1.27 bits per heavy atom. The lowest BCUT2D eigenvalue weighted by atomic mass is 10.1. The predicted octanol–water partition coefficient (Wildman–Crippen LogP) is 0.0186. The Bertz CT molecular complexity index is 379. The van der Waals surface area contributed by atoms with Crippen molar-refractivity contribution in [3.63, 3.8) is 0 Å². The van der Waals surface area contributed by atoms with E-state index in [1.54, 1.807) is 6.20 Å². The zero-order valence-corrected chi connectivity index (χ0v) is 6.25. The average Bonchev–Trinajstić information content (AvgIpc) is 2.06. The number of nitrogens with two attached hydrogens (primary N) is 1. The summed E-state index contributed by atoms with van der Waals surface area (Å²) < 4.78 is 0. The molecule has 0 saturated carbocycles. The summed E-state index contributed by atoms with van der Waals surface area (Å²) in [6.07, 6.45) is 8.21. The Balaban J connectivity index is 2.88. The molecule has 0 aromatic carbocycles. The lowest BCUT2D eigenvalue weighted by Crippen LogP contribution is -2.32. The normalized spacial score (nSPS) is 14.5. The second kappa shape index (κ2) is 2.38. The van der Waals surface area contributed by atoms with Crippen LogP contribution in [0.15, 0.2) is 12.3 Å². The van der Waals surface area contributed by atoms with Crippen LogP contribution in [-0.4, -0.2) is 4.98 Å². The number of anilines is 1. The summed E-state index contributed by atoms with van der Waals surface area (Å²) in [5, 5.41) is 2.15. The second-order valence-corrected chi connectivity index (χ2v) is 2.68. The monoisotopic (exact) mass is 146 g/mol. The standard InChI is InChI=1S/C9H10N2/c10-8-5-6-11-9-4-2-1-3-7(8)9/h3-6H,1-2,10H2. The molecule has 1 aliphatic carbocycles. The molecule has 56 valence electrons. The number of nitrogen functional groups attached to an aromatic ring is 1. The van der Waals surface area contributed by atoms with E-state index in [-0.39, 0.29) is 0 Å². The molecule has 2 heteroatoms. The van der Waals surface area contributed by atoms with Gasteiger partial charge in [-0.15, -0.1) is 0 Å². The topological polar surface area (TPSA) is 38.9 Å². The van der Waals surface area contributed by atoms with E-state index < -0.39 is 0 Å². The van der Waals surface area contributed by atoms with Gasteiger partial charge >= 0.3 is 0 Å². The number of fused-ring (bicyclic) bond motifs is 1. The van der Waals surface area contributed by atoms with Crippen molar-refractivity contribution < 1.29 is 0 Å². The molecule has 0 atom stereocenters.